The van der Waals surface area contributed by atoms with Gasteiger partial charge in [0.15, 0.2) is 5.82 Å². The first-order valence-corrected chi connectivity index (χ1v) is 11.7. The molecule has 9 nitrogen and oxygen atoms in total. The van der Waals surface area contributed by atoms with Crippen molar-refractivity contribution in [2.45, 2.75) is 30.0 Å². The van der Waals surface area contributed by atoms with Gasteiger partial charge in [-0.05, 0) is 37.1 Å². The van der Waals surface area contributed by atoms with E-state index in [2.05, 4.69) is 20.3 Å². The number of hydrogen-bond donors (Lipinski definition) is 3. The Morgan fingerprint density at radius 2 is 1.85 bits per heavy atom. The largest absolute Gasteiger partial charge is 0.416 e. The lowest BCUT2D eigenvalue weighted by Crippen LogP contribution is -2.37. The fourth-order valence-corrected chi connectivity index (χ4v) is 4.53. The summed E-state index contributed by atoms with van der Waals surface area (Å²) >= 11 is 0. The minimum atomic E-state index is -4.56. The molecule has 2 aromatic rings. The molecule has 1 aliphatic heterocycles. The standard InChI is InChI=1S/C20H22F3N5O4S/c21-20(22,23)13-2-1-3-15(10-13)25-19(29)26-17-11-16(33(30,31)27-14-4-5-14)12-24-18(17)28-6-8-32-9-7-28/h1-3,10-12,14,27H,4-9H2,(H2,25,26,29). The highest BCUT2D eigenvalue weighted by molar-refractivity contribution is 7.89. The predicted molar refractivity (Wildman–Crippen MR) is 115 cm³/mol. The number of amides is 2. The highest BCUT2D eigenvalue weighted by Gasteiger charge is 2.31. The monoisotopic (exact) mass is 485 g/mol. The molecule has 4 rings (SSSR count). The lowest BCUT2D eigenvalue weighted by Gasteiger charge is -2.29. The number of sulfonamides is 1. The van der Waals surface area contributed by atoms with Gasteiger partial charge in [-0.2, -0.15) is 13.2 Å². The number of ether oxygens (including phenoxy) is 1. The number of alkyl halides is 3. The summed E-state index contributed by atoms with van der Waals surface area (Å²) in [7, 11) is -3.84. The second-order valence-electron chi connectivity index (χ2n) is 7.69. The number of anilines is 3. The second-order valence-corrected chi connectivity index (χ2v) is 9.41. The van der Waals surface area contributed by atoms with E-state index in [9.17, 15) is 26.4 Å². The maximum Gasteiger partial charge on any atom is 0.416 e. The van der Waals surface area contributed by atoms with E-state index in [1.807, 2.05) is 4.90 Å². The minimum Gasteiger partial charge on any atom is -0.378 e. The molecule has 3 N–H and O–H groups in total. The highest BCUT2D eigenvalue weighted by Crippen LogP contribution is 2.31. The average molecular weight is 485 g/mol. The van der Waals surface area contributed by atoms with Crippen molar-refractivity contribution in [1.82, 2.24) is 9.71 Å². The quantitative estimate of drug-likeness (QED) is 0.580. The molecule has 2 fully saturated rings. The number of benzene rings is 1. The van der Waals surface area contributed by atoms with Gasteiger partial charge in [-0.3, -0.25) is 0 Å². The summed E-state index contributed by atoms with van der Waals surface area (Å²) in [6.45, 7) is 1.81. The van der Waals surface area contributed by atoms with Gasteiger partial charge >= 0.3 is 12.2 Å². The number of carbonyl (C=O) groups is 1. The normalized spacial score (nSPS) is 17.0. The Labute approximate surface area is 188 Å². The zero-order valence-corrected chi connectivity index (χ0v) is 18.2. The van der Waals surface area contributed by atoms with Gasteiger partial charge in [-0.1, -0.05) is 6.07 Å². The van der Waals surface area contributed by atoms with E-state index in [0.29, 0.717) is 32.1 Å². The zero-order chi connectivity index (χ0) is 23.6. The van der Waals surface area contributed by atoms with Crippen LogP contribution in [0.15, 0.2) is 41.4 Å². The third-order valence-corrected chi connectivity index (χ3v) is 6.55. The molecule has 1 aromatic carbocycles. The molecule has 2 heterocycles. The van der Waals surface area contributed by atoms with Crippen LogP contribution in [0.1, 0.15) is 18.4 Å². The number of morpholine rings is 1. The second kappa shape index (κ2) is 9.15. The van der Waals surface area contributed by atoms with Crippen molar-refractivity contribution in [3.05, 3.63) is 42.1 Å². The summed E-state index contributed by atoms with van der Waals surface area (Å²) in [4.78, 5) is 18.6. The maximum atomic E-state index is 12.9. The Bertz CT molecular complexity index is 1130. The minimum absolute atomic E-state index is 0.0672. The van der Waals surface area contributed by atoms with Gasteiger partial charge in [0.2, 0.25) is 10.0 Å². The molecule has 0 radical (unpaired) electrons. The molecule has 2 aliphatic rings. The molecule has 0 spiro atoms. The van der Waals surface area contributed by atoms with Crippen molar-refractivity contribution in [3.63, 3.8) is 0 Å². The van der Waals surface area contributed by atoms with Crippen LogP contribution >= 0.6 is 0 Å². The number of pyridine rings is 1. The van der Waals surface area contributed by atoms with Gasteiger partial charge < -0.3 is 20.3 Å². The van der Waals surface area contributed by atoms with Crippen molar-refractivity contribution < 1.29 is 31.1 Å². The molecule has 178 valence electrons. The van der Waals surface area contributed by atoms with Crippen molar-refractivity contribution in [2.75, 3.05) is 41.8 Å². The Kier molecular flexibility index (Phi) is 6.45. The molecule has 1 aromatic heterocycles. The van der Waals surface area contributed by atoms with Crippen LogP contribution in [0.25, 0.3) is 0 Å². The summed E-state index contributed by atoms with van der Waals surface area (Å²) in [5.41, 5.74) is -0.863. The Morgan fingerprint density at radius 3 is 2.52 bits per heavy atom. The van der Waals surface area contributed by atoms with Crippen LogP contribution < -0.4 is 20.3 Å². The first-order chi connectivity index (χ1) is 15.6. The number of hydrogen-bond acceptors (Lipinski definition) is 6. The molecule has 1 saturated heterocycles. The Balaban J connectivity index is 1.58. The highest BCUT2D eigenvalue weighted by atomic mass is 32.2. The summed E-state index contributed by atoms with van der Waals surface area (Å²) in [6.07, 6.45) is -1.84. The fourth-order valence-electron chi connectivity index (χ4n) is 3.25. The van der Waals surface area contributed by atoms with Crippen LogP contribution in [0.5, 0.6) is 0 Å². The van der Waals surface area contributed by atoms with Crippen LogP contribution in [-0.4, -0.2) is 51.8 Å². The molecular weight excluding hydrogens is 463 g/mol. The molecular formula is C20H22F3N5O4S. The number of nitrogens with one attached hydrogen (secondary N) is 3. The number of nitrogens with zero attached hydrogens (tertiary/aromatic N) is 2. The van der Waals surface area contributed by atoms with Crippen LogP contribution in [0, 0.1) is 0 Å². The van der Waals surface area contributed by atoms with Gasteiger partial charge in [0.1, 0.15) is 4.90 Å². The maximum absolute atomic E-state index is 12.9. The average Bonchev–Trinajstić information content (AvgIpc) is 3.57. The van der Waals surface area contributed by atoms with E-state index in [1.54, 1.807) is 0 Å². The number of urea groups is 1. The molecule has 1 aliphatic carbocycles. The molecule has 0 bridgehead atoms. The Hall–Kier alpha value is -2.90. The van der Waals surface area contributed by atoms with Crippen LogP contribution in [0.2, 0.25) is 0 Å². The van der Waals surface area contributed by atoms with Gasteiger partial charge in [-0.25, -0.2) is 22.9 Å². The molecule has 1 saturated carbocycles. The van der Waals surface area contributed by atoms with Gasteiger partial charge in [-0.15, -0.1) is 0 Å². The summed E-state index contributed by atoms with van der Waals surface area (Å²) in [5.74, 6) is 0.336. The van der Waals surface area contributed by atoms with Crippen LogP contribution in [-0.2, 0) is 20.9 Å². The predicted octanol–water partition coefficient (Wildman–Crippen LogP) is 3.02. The third kappa shape index (κ3) is 5.92. The van der Waals surface area contributed by atoms with Crippen molar-refractivity contribution >= 4 is 33.2 Å². The van der Waals surface area contributed by atoms with E-state index in [1.165, 1.54) is 24.4 Å². The number of aromatic nitrogens is 1. The van der Waals surface area contributed by atoms with E-state index in [-0.39, 0.29) is 22.3 Å². The first-order valence-electron chi connectivity index (χ1n) is 10.2. The van der Waals surface area contributed by atoms with Crippen molar-refractivity contribution in [2.24, 2.45) is 0 Å². The lowest BCUT2D eigenvalue weighted by atomic mass is 10.2. The Morgan fingerprint density at radius 1 is 1.12 bits per heavy atom. The van der Waals surface area contributed by atoms with E-state index in [0.717, 1.165) is 25.0 Å². The first kappa shape index (κ1) is 23.3. The molecule has 0 atom stereocenters. The van der Waals surface area contributed by atoms with Crippen LogP contribution in [0.3, 0.4) is 0 Å². The number of carbonyl (C=O) groups excluding carboxylic acids is 1. The van der Waals surface area contributed by atoms with Crippen molar-refractivity contribution in [1.29, 1.82) is 0 Å². The zero-order valence-electron chi connectivity index (χ0n) is 17.4. The summed E-state index contributed by atoms with van der Waals surface area (Å²) in [5, 5.41) is 4.87. The fraction of sp³-hybridized carbons (Fsp3) is 0.400. The topological polar surface area (TPSA) is 113 Å². The van der Waals surface area contributed by atoms with Gasteiger partial charge in [0.05, 0.1) is 24.5 Å². The lowest BCUT2D eigenvalue weighted by molar-refractivity contribution is -0.137. The molecule has 2 amide bonds. The number of halogens is 3. The smallest absolute Gasteiger partial charge is 0.378 e. The van der Waals surface area contributed by atoms with Gasteiger partial charge in [0.25, 0.3) is 0 Å². The third-order valence-electron chi connectivity index (χ3n) is 5.06. The van der Waals surface area contributed by atoms with E-state index < -0.39 is 27.8 Å². The van der Waals surface area contributed by atoms with Crippen molar-refractivity contribution in [3.8, 4) is 0 Å². The van der Waals surface area contributed by atoms with E-state index >= 15 is 0 Å². The van der Waals surface area contributed by atoms with Crippen LogP contribution in [0.4, 0.5) is 35.2 Å². The number of rotatable bonds is 6. The molecule has 13 heteroatoms. The molecule has 0 unspecified atom stereocenters. The van der Waals surface area contributed by atoms with E-state index in [4.69, 9.17) is 4.74 Å². The SMILES string of the molecule is O=C(Nc1cccc(C(F)(F)F)c1)Nc1cc(S(=O)(=O)NC2CC2)cnc1N1CCOCC1. The summed E-state index contributed by atoms with van der Waals surface area (Å²) in [6, 6.07) is 4.52. The molecule has 33 heavy (non-hydrogen) atoms. The van der Waals surface area contributed by atoms with Gasteiger partial charge in [0, 0.05) is 31.0 Å². The summed E-state index contributed by atoms with van der Waals surface area (Å²) < 4.78 is 71.9.